The molecule has 3 nitrogen and oxygen atoms in total. The second kappa shape index (κ2) is 5.99. The molecule has 0 aliphatic carbocycles. The number of rotatable bonds is 5. The summed E-state index contributed by atoms with van der Waals surface area (Å²) in [6.07, 6.45) is 0. The largest absolute Gasteiger partial charge is 0.368 e. The quantitative estimate of drug-likeness (QED) is 0.905. The molecule has 0 saturated carbocycles. The molecule has 0 amide bonds. The van der Waals surface area contributed by atoms with Crippen LogP contribution in [0.2, 0.25) is 0 Å². The van der Waals surface area contributed by atoms with Crippen molar-refractivity contribution >= 4 is 11.3 Å². The topological polar surface area (TPSA) is 38.5 Å². The maximum absolute atomic E-state index is 6.51. The predicted octanol–water partition coefficient (Wildman–Crippen LogP) is 3.49. The summed E-state index contributed by atoms with van der Waals surface area (Å²) >= 11 is 1.82. The van der Waals surface area contributed by atoms with E-state index in [1.165, 1.54) is 4.88 Å². The minimum Gasteiger partial charge on any atom is -0.368 e. The van der Waals surface area contributed by atoms with Crippen LogP contribution in [0.3, 0.4) is 0 Å². The van der Waals surface area contributed by atoms with Crippen LogP contribution in [-0.2, 0) is 11.3 Å². The fourth-order valence-corrected chi connectivity index (χ4v) is 4.11. The average Bonchev–Trinajstić information content (AvgIpc) is 2.88. The normalized spacial score (nSPS) is 27.7. The van der Waals surface area contributed by atoms with E-state index < -0.39 is 0 Å². The highest BCUT2D eigenvalue weighted by Gasteiger charge is 2.52. The van der Waals surface area contributed by atoms with E-state index in [9.17, 15) is 0 Å². The Bertz CT molecular complexity index is 453. The molecule has 1 aliphatic heterocycles. The van der Waals surface area contributed by atoms with Gasteiger partial charge < -0.3 is 10.5 Å². The first kappa shape index (κ1) is 16.9. The van der Waals surface area contributed by atoms with Gasteiger partial charge in [0.25, 0.3) is 0 Å². The summed E-state index contributed by atoms with van der Waals surface area (Å²) in [6, 6.07) is 4.90. The predicted molar refractivity (Wildman–Crippen MR) is 90.6 cm³/mol. The zero-order valence-corrected chi connectivity index (χ0v) is 15.0. The summed E-state index contributed by atoms with van der Waals surface area (Å²) in [5, 5.41) is 2.14. The van der Waals surface area contributed by atoms with E-state index in [2.05, 4.69) is 64.0 Å². The van der Waals surface area contributed by atoms with Crippen molar-refractivity contribution in [3.05, 3.63) is 22.4 Å². The molecule has 21 heavy (non-hydrogen) atoms. The van der Waals surface area contributed by atoms with Gasteiger partial charge in [0.05, 0.1) is 11.2 Å². The lowest BCUT2D eigenvalue weighted by Crippen LogP contribution is -2.49. The SMILES string of the molecule is CC(C)N(Cc1cccs1)CC1C(N)C(C)(C)OC1(C)C. The molecule has 2 rings (SSSR count). The van der Waals surface area contributed by atoms with Gasteiger partial charge in [0.15, 0.2) is 0 Å². The lowest BCUT2D eigenvalue weighted by Gasteiger charge is -2.35. The Balaban J connectivity index is 2.13. The monoisotopic (exact) mass is 310 g/mol. The van der Waals surface area contributed by atoms with E-state index in [4.69, 9.17) is 10.5 Å². The zero-order chi connectivity index (χ0) is 15.8. The second-order valence-electron chi connectivity index (χ2n) is 7.54. The average molecular weight is 311 g/mol. The number of hydrogen-bond acceptors (Lipinski definition) is 4. The van der Waals surface area contributed by atoms with Gasteiger partial charge in [-0.15, -0.1) is 11.3 Å². The van der Waals surface area contributed by atoms with Crippen molar-refractivity contribution < 1.29 is 4.74 Å². The van der Waals surface area contributed by atoms with E-state index in [-0.39, 0.29) is 17.2 Å². The molecule has 1 aliphatic rings. The number of nitrogens with zero attached hydrogens (tertiary/aromatic N) is 1. The molecular formula is C17H30N2OS. The fraction of sp³-hybridized carbons (Fsp3) is 0.765. The van der Waals surface area contributed by atoms with Crippen molar-refractivity contribution in [1.29, 1.82) is 0 Å². The first-order chi connectivity index (χ1) is 9.63. The summed E-state index contributed by atoms with van der Waals surface area (Å²) in [7, 11) is 0. The van der Waals surface area contributed by atoms with Gasteiger partial charge in [-0.3, -0.25) is 4.90 Å². The smallest absolute Gasteiger partial charge is 0.0788 e. The molecule has 2 unspecified atom stereocenters. The van der Waals surface area contributed by atoms with E-state index in [0.717, 1.165) is 13.1 Å². The van der Waals surface area contributed by atoms with Gasteiger partial charge in [0, 0.05) is 36.0 Å². The van der Waals surface area contributed by atoms with Crippen LogP contribution < -0.4 is 5.73 Å². The molecule has 0 spiro atoms. The summed E-state index contributed by atoms with van der Waals surface area (Å²) in [5.41, 5.74) is 6.08. The fourth-order valence-electron chi connectivity index (χ4n) is 3.39. The minimum atomic E-state index is -0.250. The van der Waals surface area contributed by atoms with Crippen molar-refractivity contribution in [2.75, 3.05) is 6.54 Å². The van der Waals surface area contributed by atoms with Crippen LogP contribution >= 0.6 is 11.3 Å². The van der Waals surface area contributed by atoms with Gasteiger partial charge in [0.1, 0.15) is 0 Å². The van der Waals surface area contributed by atoms with Gasteiger partial charge in [-0.2, -0.15) is 0 Å². The summed E-state index contributed by atoms with van der Waals surface area (Å²) in [4.78, 5) is 3.93. The molecule has 0 bridgehead atoms. The molecule has 0 aromatic carbocycles. The molecule has 1 saturated heterocycles. The molecule has 4 heteroatoms. The lowest BCUT2D eigenvalue weighted by molar-refractivity contribution is -0.0791. The van der Waals surface area contributed by atoms with Crippen molar-refractivity contribution in [1.82, 2.24) is 4.90 Å². The maximum atomic E-state index is 6.51. The number of nitrogens with two attached hydrogens (primary N) is 1. The third kappa shape index (κ3) is 3.67. The molecule has 120 valence electrons. The molecule has 0 radical (unpaired) electrons. The van der Waals surface area contributed by atoms with Gasteiger partial charge in [-0.1, -0.05) is 6.07 Å². The highest BCUT2D eigenvalue weighted by Crippen LogP contribution is 2.41. The third-order valence-corrected chi connectivity index (χ3v) is 5.62. The van der Waals surface area contributed by atoms with E-state index in [0.29, 0.717) is 12.0 Å². The number of hydrogen-bond donors (Lipinski definition) is 1. The van der Waals surface area contributed by atoms with E-state index in [1.807, 2.05) is 11.3 Å². The lowest BCUT2D eigenvalue weighted by atomic mass is 9.82. The zero-order valence-electron chi connectivity index (χ0n) is 14.2. The molecule has 2 N–H and O–H groups in total. The second-order valence-corrected chi connectivity index (χ2v) is 8.58. The minimum absolute atomic E-state index is 0.0667. The summed E-state index contributed by atoms with van der Waals surface area (Å²) < 4.78 is 6.23. The van der Waals surface area contributed by atoms with Gasteiger partial charge in [0.2, 0.25) is 0 Å². The molecule has 1 fully saturated rings. The van der Waals surface area contributed by atoms with Crippen molar-refractivity contribution in [2.24, 2.45) is 11.7 Å². The van der Waals surface area contributed by atoms with Gasteiger partial charge >= 0.3 is 0 Å². The van der Waals surface area contributed by atoms with Crippen molar-refractivity contribution in [3.63, 3.8) is 0 Å². The Labute approximate surface area is 133 Å². The van der Waals surface area contributed by atoms with E-state index >= 15 is 0 Å². The van der Waals surface area contributed by atoms with Crippen LogP contribution in [0.1, 0.15) is 46.4 Å². The molecular weight excluding hydrogens is 280 g/mol. The maximum Gasteiger partial charge on any atom is 0.0788 e. The molecule has 1 aromatic rings. The molecule has 2 atom stereocenters. The Morgan fingerprint density at radius 2 is 1.95 bits per heavy atom. The van der Waals surface area contributed by atoms with Crippen LogP contribution in [0.5, 0.6) is 0 Å². The number of ether oxygens (including phenoxy) is 1. The highest BCUT2D eigenvalue weighted by molar-refractivity contribution is 7.09. The first-order valence-electron chi connectivity index (χ1n) is 7.85. The van der Waals surface area contributed by atoms with Crippen LogP contribution in [0.4, 0.5) is 0 Å². The Morgan fingerprint density at radius 3 is 2.38 bits per heavy atom. The Hall–Kier alpha value is -0.420. The standard InChI is InChI=1S/C17H30N2OS/c1-12(2)19(10-13-8-7-9-21-13)11-14-15(18)17(5,6)20-16(14,3)4/h7-9,12,14-15H,10-11,18H2,1-6H3. The summed E-state index contributed by atoms with van der Waals surface area (Å²) in [5.74, 6) is 0.342. The van der Waals surface area contributed by atoms with Crippen LogP contribution in [-0.4, -0.2) is 34.7 Å². The Morgan fingerprint density at radius 1 is 1.29 bits per heavy atom. The van der Waals surface area contributed by atoms with Crippen LogP contribution in [0.15, 0.2) is 17.5 Å². The first-order valence-corrected chi connectivity index (χ1v) is 8.73. The van der Waals surface area contributed by atoms with Gasteiger partial charge in [-0.05, 0) is 53.0 Å². The number of thiophene rings is 1. The third-order valence-electron chi connectivity index (χ3n) is 4.76. The Kier molecular flexibility index (Phi) is 4.84. The highest BCUT2D eigenvalue weighted by atomic mass is 32.1. The van der Waals surface area contributed by atoms with Crippen LogP contribution in [0, 0.1) is 5.92 Å². The molecule has 2 heterocycles. The van der Waals surface area contributed by atoms with Gasteiger partial charge in [-0.25, -0.2) is 0 Å². The van der Waals surface area contributed by atoms with E-state index in [1.54, 1.807) is 0 Å². The summed E-state index contributed by atoms with van der Waals surface area (Å²) in [6.45, 7) is 15.1. The molecule has 1 aromatic heterocycles. The van der Waals surface area contributed by atoms with Crippen molar-refractivity contribution in [3.8, 4) is 0 Å². The van der Waals surface area contributed by atoms with Crippen molar-refractivity contribution in [2.45, 2.75) is 71.4 Å². The van der Waals surface area contributed by atoms with Crippen LogP contribution in [0.25, 0.3) is 0 Å².